The van der Waals surface area contributed by atoms with Crippen molar-refractivity contribution in [1.82, 2.24) is 0 Å². The Kier molecular flexibility index (Phi) is 15.7. The third kappa shape index (κ3) is 12.7. The molecule has 0 aromatic heterocycles. The Morgan fingerprint density at radius 2 is 0.967 bits per heavy atom. The molecule has 0 radical (unpaired) electrons. The van der Waals surface area contributed by atoms with E-state index in [1.54, 1.807) is 60.7 Å². The fourth-order valence-electron chi connectivity index (χ4n) is 5.07. The van der Waals surface area contributed by atoms with Crippen LogP contribution in [0.25, 0.3) is 11.1 Å². The van der Waals surface area contributed by atoms with Crippen molar-refractivity contribution < 1.29 is 46.3 Å². The van der Waals surface area contributed by atoms with Crippen LogP contribution < -0.4 is 15.7 Å². The van der Waals surface area contributed by atoms with Gasteiger partial charge in [0.25, 0.3) is 11.4 Å². The van der Waals surface area contributed by atoms with Gasteiger partial charge in [-0.2, -0.15) is 0 Å². The van der Waals surface area contributed by atoms with Crippen molar-refractivity contribution in [3.05, 3.63) is 190 Å². The second-order valence-corrected chi connectivity index (χ2v) is 16.9. The van der Waals surface area contributed by atoms with Crippen LogP contribution in [0.3, 0.4) is 0 Å². The summed E-state index contributed by atoms with van der Waals surface area (Å²) in [5.74, 6) is -0.716. The van der Waals surface area contributed by atoms with E-state index in [0.717, 1.165) is 16.6 Å². The average molecular weight is 958 g/mol. The maximum atomic E-state index is 12.7. The minimum Gasteiger partial charge on any atom is -0.423 e. The number of hydrogen-bond acceptors (Lipinski definition) is 12. The molecule has 60 heavy (non-hydrogen) atoms. The van der Waals surface area contributed by atoms with Gasteiger partial charge in [-0.25, -0.2) is 27.1 Å². The van der Waals surface area contributed by atoms with E-state index in [1.165, 1.54) is 60.7 Å². The minimum atomic E-state index is -4.06. The molecule has 16 nitrogen and oxygen atoms in total. The number of non-ortho nitro benzene ring substituents is 2. The largest absolute Gasteiger partial charge is 0.488 e. The molecule has 6 rings (SSSR count). The molecule has 6 aromatic rings. The zero-order valence-electron chi connectivity index (χ0n) is 30.3. The Morgan fingerprint density at radius 3 is 1.38 bits per heavy atom. The topological polar surface area (TPSA) is 281 Å². The molecule has 0 aliphatic carbocycles. The first-order valence-electron chi connectivity index (χ1n) is 16.5. The highest BCUT2D eigenvalue weighted by atomic mass is 79.9. The average Bonchev–Trinajstić information content (AvgIpc) is 3.20. The number of hydrogen-bond donors (Lipinski definition) is 4. The Bertz CT molecular complexity index is 2830. The smallest absolute Gasteiger partial charge is 0.423 e. The predicted molar refractivity (Wildman–Crippen MR) is 228 cm³/mol. The SMILES string of the molecule is NS(=O)(=O)c1cc(C(=O)c2ccc(-c3cccc([N+](=O)[O-])c3)cc2)ccc1Cl.NS(=O)(=O)c1cc(C(=O)c2ccc(Br)cc2)ccc1Cl.O=[N+]([O-])c1cccc(B(O)O)c1. The summed E-state index contributed by atoms with van der Waals surface area (Å²) in [6, 6.07) is 32.3. The normalized spacial score (nSPS) is 10.9. The molecule has 0 aliphatic heterocycles. The molecule has 0 bridgehead atoms. The van der Waals surface area contributed by atoms with E-state index in [0.29, 0.717) is 22.3 Å². The molecule has 0 saturated carbocycles. The van der Waals surface area contributed by atoms with Crippen LogP contribution in [0.15, 0.2) is 148 Å². The Morgan fingerprint density at radius 1 is 0.567 bits per heavy atom. The number of ketones is 2. The molecule has 22 heteroatoms. The number of carbonyl (C=O) groups excluding carboxylic acids is 2. The molecule has 0 unspecified atom stereocenters. The van der Waals surface area contributed by atoms with Crippen molar-refractivity contribution in [2.45, 2.75) is 9.79 Å². The summed E-state index contributed by atoms with van der Waals surface area (Å²) >= 11 is 14.9. The third-order valence-corrected chi connectivity index (χ3v) is 11.3. The third-order valence-electron chi connectivity index (χ3n) is 8.02. The number of sulfonamides is 2. The number of nitro groups is 2. The van der Waals surface area contributed by atoms with Crippen LogP contribution in [-0.4, -0.2) is 55.4 Å². The number of primary sulfonamides is 2. The van der Waals surface area contributed by atoms with Gasteiger partial charge >= 0.3 is 7.12 Å². The molecule has 308 valence electrons. The number of halogens is 3. The second kappa shape index (κ2) is 20.1. The highest BCUT2D eigenvalue weighted by Gasteiger charge is 2.19. The lowest BCUT2D eigenvalue weighted by molar-refractivity contribution is -0.385. The van der Waals surface area contributed by atoms with E-state index in [-0.39, 0.29) is 53.6 Å². The first kappa shape index (κ1) is 47.0. The van der Waals surface area contributed by atoms with Crippen LogP contribution in [0, 0.1) is 20.2 Å². The summed E-state index contributed by atoms with van der Waals surface area (Å²) < 4.78 is 46.8. The van der Waals surface area contributed by atoms with Crippen LogP contribution in [0.5, 0.6) is 0 Å². The van der Waals surface area contributed by atoms with Crippen molar-refractivity contribution in [2.24, 2.45) is 10.3 Å². The molecular formula is C38H28BBrCl2N4O12S2. The zero-order chi connectivity index (χ0) is 44.5. The fraction of sp³-hybridized carbons (Fsp3) is 0. The monoisotopic (exact) mass is 956 g/mol. The maximum Gasteiger partial charge on any atom is 0.488 e. The number of rotatable bonds is 10. The van der Waals surface area contributed by atoms with E-state index in [1.807, 2.05) is 0 Å². The fourth-order valence-corrected chi connectivity index (χ4v) is 7.48. The molecule has 6 aromatic carbocycles. The van der Waals surface area contributed by atoms with Crippen LogP contribution in [0.4, 0.5) is 11.4 Å². The number of nitrogens with two attached hydrogens (primary N) is 2. The summed E-state index contributed by atoms with van der Waals surface area (Å²) in [6.45, 7) is 0. The number of nitro benzene ring substituents is 2. The zero-order valence-corrected chi connectivity index (χ0v) is 35.0. The van der Waals surface area contributed by atoms with Crippen LogP contribution in [0.2, 0.25) is 10.0 Å². The van der Waals surface area contributed by atoms with Gasteiger partial charge in [-0.05, 0) is 77.3 Å². The maximum absolute atomic E-state index is 12.7. The van der Waals surface area contributed by atoms with Gasteiger partial charge in [-0.3, -0.25) is 29.8 Å². The van der Waals surface area contributed by atoms with Crippen LogP contribution >= 0.6 is 39.1 Å². The summed E-state index contributed by atoms with van der Waals surface area (Å²) in [5.41, 5.74) is 2.35. The van der Waals surface area contributed by atoms with E-state index in [2.05, 4.69) is 15.9 Å². The Labute approximate surface area is 360 Å². The van der Waals surface area contributed by atoms with Crippen molar-refractivity contribution >= 4 is 94.7 Å². The van der Waals surface area contributed by atoms with Crippen molar-refractivity contribution in [2.75, 3.05) is 0 Å². The summed E-state index contributed by atoms with van der Waals surface area (Å²) in [4.78, 5) is 44.4. The molecule has 0 fully saturated rings. The number of benzene rings is 6. The predicted octanol–water partition coefficient (Wildman–Crippen LogP) is 6.05. The Hall–Kier alpha value is -5.68. The minimum absolute atomic E-state index is 0.0140. The van der Waals surface area contributed by atoms with Crippen LogP contribution in [0.1, 0.15) is 31.8 Å². The number of carbonyl (C=O) groups is 2. The summed E-state index contributed by atoms with van der Waals surface area (Å²) in [7, 11) is -9.70. The van der Waals surface area contributed by atoms with Gasteiger partial charge in [0.1, 0.15) is 9.79 Å². The standard InChI is InChI=1S/C19H13ClN2O5S.C13H9BrClNO3S.C6H6BNO4/c20-17-9-8-15(11-18(17)28(21,26)27)19(23)13-6-4-12(5-7-13)14-2-1-3-16(10-14)22(24)25;14-10-4-1-8(2-5-10)13(17)9-3-6-11(15)12(7-9)20(16,18)19;9-7(10)5-2-1-3-6(4-5)8(11)12/h1-11H,(H2,21,26,27);1-7H,(H2,16,18,19);1-4,9-10H. The summed E-state index contributed by atoms with van der Waals surface area (Å²) in [5, 5.41) is 48.5. The van der Waals surface area contributed by atoms with Crippen molar-refractivity contribution in [1.29, 1.82) is 0 Å². The molecule has 6 N–H and O–H groups in total. The lowest BCUT2D eigenvalue weighted by atomic mass is 9.80. The highest BCUT2D eigenvalue weighted by Crippen LogP contribution is 2.27. The van der Waals surface area contributed by atoms with Gasteiger partial charge in [0.2, 0.25) is 20.0 Å². The molecule has 0 amide bonds. The van der Waals surface area contributed by atoms with E-state index in [9.17, 15) is 46.7 Å². The quantitative estimate of drug-likeness (QED) is 0.0529. The van der Waals surface area contributed by atoms with Gasteiger partial charge in [-0.1, -0.05) is 87.7 Å². The van der Waals surface area contributed by atoms with E-state index in [4.69, 9.17) is 43.5 Å². The lowest BCUT2D eigenvalue weighted by Crippen LogP contribution is -2.29. The first-order chi connectivity index (χ1) is 28.1. The molecular weight excluding hydrogens is 930 g/mol. The molecule has 0 heterocycles. The van der Waals surface area contributed by atoms with Crippen LogP contribution in [-0.2, 0) is 20.0 Å². The second-order valence-electron chi connectivity index (χ2n) is 12.2. The number of nitrogens with zero attached hydrogens (tertiary/aromatic N) is 2. The van der Waals surface area contributed by atoms with Gasteiger partial charge in [-0.15, -0.1) is 0 Å². The molecule has 0 spiro atoms. The van der Waals surface area contributed by atoms with Gasteiger partial charge in [0, 0.05) is 51.0 Å². The van der Waals surface area contributed by atoms with Crippen molar-refractivity contribution in [3.63, 3.8) is 0 Å². The van der Waals surface area contributed by atoms with Gasteiger partial charge in [0.05, 0.1) is 19.9 Å². The molecule has 0 saturated heterocycles. The van der Waals surface area contributed by atoms with E-state index >= 15 is 0 Å². The van der Waals surface area contributed by atoms with E-state index < -0.39 is 42.8 Å². The summed E-state index contributed by atoms with van der Waals surface area (Å²) in [6.07, 6.45) is 0. The van der Waals surface area contributed by atoms with Gasteiger partial charge in [0.15, 0.2) is 11.6 Å². The molecule has 0 aliphatic rings. The first-order valence-corrected chi connectivity index (χ1v) is 21.2. The Balaban J connectivity index is 0.000000216. The highest BCUT2D eigenvalue weighted by molar-refractivity contribution is 9.10. The lowest BCUT2D eigenvalue weighted by Gasteiger charge is -2.07. The van der Waals surface area contributed by atoms with Gasteiger partial charge < -0.3 is 10.0 Å². The molecule has 0 atom stereocenters. The van der Waals surface area contributed by atoms with Crippen molar-refractivity contribution in [3.8, 4) is 11.1 Å².